The van der Waals surface area contributed by atoms with Gasteiger partial charge in [0.15, 0.2) is 0 Å². The van der Waals surface area contributed by atoms with Gasteiger partial charge in [0.2, 0.25) is 0 Å². The molecule has 1 unspecified atom stereocenters. The molecule has 1 atom stereocenters. The van der Waals surface area contributed by atoms with Crippen LogP contribution in [0, 0.1) is 0 Å². The molecule has 104 valence electrons. The topological polar surface area (TPSA) is 26.0 Å². The van der Waals surface area contributed by atoms with Crippen molar-refractivity contribution in [1.82, 2.24) is 0 Å². The van der Waals surface area contributed by atoms with Crippen LogP contribution in [0.1, 0.15) is 20.8 Å². The Kier molecular flexibility index (Phi) is 4.80. The molecule has 19 heavy (non-hydrogen) atoms. The first-order valence-electron chi connectivity index (χ1n) is 6.26. The predicted octanol–water partition coefficient (Wildman–Crippen LogP) is 4.04. The number of para-hydroxylation sites is 1. The fourth-order valence-electron chi connectivity index (χ4n) is 1.63. The monoisotopic (exact) mass is 363 g/mol. The van der Waals surface area contributed by atoms with Gasteiger partial charge >= 0.3 is 125 Å². The van der Waals surface area contributed by atoms with Crippen LogP contribution >= 0.6 is 6.77 Å². The molecule has 0 aliphatic heterocycles. The summed E-state index contributed by atoms with van der Waals surface area (Å²) < 4.78 is 1.45. The van der Waals surface area contributed by atoms with Crippen molar-refractivity contribution in [2.75, 3.05) is 5.73 Å². The van der Waals surface area contributed by atoms with Gasteiger partial charge in [-0.2, -0.15) is 0 Å². The molecule has 2 aromatic rings. The van der Waals surface area contributed by atoms with E-state index < -0.39 is 0 Å². The Balaban J connectivity index is 2.34. The van der Waals surface area contributed by atoms with E-state index in [0.717, 1.165) is 18.0 Å². The third-order valence-electron chi connectivity index (χ3n) is 2.46. The molecule has 2 aromatic carbocycles. The van der Waals surface area contributed by atoms with E-state index in [4.69, 9.17) is 5.73 Å². The molecule has 3 heteroatoms. The van der Waals surface area contributed by atoms with Crippen LogP contribution in [0.5, 0.6) is 0 Å². The summed E-state index contributed by atoms with van der Waals surface area (Å²) in [5.41, 5.74) is 9.43. The molecule has 0 fully saturated rings. The van der Waals surface area contributed by atoms with E-state index in [1.807, 2.05) is 12.1 Å². The van der Waals surface area contributed by atoms with Crippen LogP contribution < -0.4 is 9.77 Å². The second-order valence-electron chi connectivity index (χ2n) is 5.44. The summed E-state index contributed by atoms with van der Waals surface area (Å²) >= 11 is 0.633. The van der Waals surface area contributed by atoms with E-state index in [-0.39, 0.29) is 0 Å². The van der Waals surface area contributed by atoms with Gasteiger partial charge in [-0.1, -0.05) is 0 Å². The third-order valence-corrected chi connectivity index (χ3v) is 9.20. The molecule has 0 saturated heterocycles. The summed E-state index contributed by atoms with van der Waals surface area (Å²) in [6.07, 6.45) is 0. The van der Waals surface area contributed by atoms with Crippen molar-refractivity contribution in [2.45, 2.75) is 25.9 Å². The zero-order valence-corrected chi connectivity index (χ0v) is 14.1. The van der Waals surface area contributed by atoms with E-state index in [0.29, 0.717) is 22.6 Å². The van der Waals surface area contributed by atoms with Crippen molar-refractivity contribution in [1.29, 1.82) is 0 Å². The van der Waals surface area contributed by atoms with Crippen molar-refractivity contribution in [3.05, 3.63) is 48.5 Å². The SMILES string of the molecule is CC(C)(C)[PH][Pd][c]1ccccc1-c1ccccc1N. The number of hydrogen-bond acceptors (Lipinski definition) is 1. The molecule has 2 rings (SSSR count). The minimum absolute atomic E-state index is 0.406. The van der Waals surface area contributed by atoms with Crippen molar-refractivity contribution in [3.8, 4) is 11.1 Å². The Bertz CT molecular complexity index is 561. The molecule has 0 bridgehead atoms. The van der Waals surface area contributed by atoms with Crippen LogP contribution in [0.25, 0.3) is 11.1 Å². The second kappa shape index (κ2) is 6.19. The summed E-state index contributed by atoms with van der Waals surface area (Å²) in [7, 11) is 0. The number of hydrogen-bond donors (Lipinski definition) is 1. The van der Waals surface area contributed by atoms with Gasteiger partial charge in [-0.25, -0.2) is 0 Å². The first-order chi connectivity index (χ1) is 8.97. The predicted molar refractivity (Wildman–Crippen MR) is 84.0 cm³/mol. The summed E-state index contributed by atoms with van der Waals surface area (Å²) in [6.45, 7) is 7.89. The molecule has 0 spiro atoms. The van der Waals surface area contributed by atoms with E-state index in [1.165, 1.54) is 9.60 Å². The zero-order chi connectivity index (χ0) is 13.9. The summed E-state index contributed by atoms with van der Waals surface area (Å²) in [5, 5.41) is 0.406. The summed E-state index contributed by atoms with van der Waals surface area (Å²) in [6, 6.07) is 16.8. The number of benzene rings is 2. The average molecular weight is 364 g/mol. The fraction of sp³-hybridized carbons (Fsp3) is 0.250. The number of nitrogens with two attached hydrogens (primary N) is 1. The van der Waals surface area contributed by atoms with Gasteiger partial charge in [-0.15, -0.1) is 0 Å². The number of nitrogen functional groups attached to an aromatic ring is 1. The van der Waals surface area contributed by atoms with Gasteiger partial charge in [0.1, 0.15) is 0 Å². The van der Waals surface area contributed by atoms with Crippen LogP contribution in [-0.4, -0.2) is 5.16 Å². The maximum absolute atomic E-state index is 6.11. The number of anilines is 1. The molecule has 0 aliphatic carbocycles. The van der Waals surface area contributed by atoms with Crippen LogP contribution in [0.2, 0.25) is 0 Å². The molecule has 1 nitrogen and oxygen atoms in total. The fourth-order valence-corrected chi connectivity index (χ4v) is 5.98. The zero-order valence-electron chi connectivity index (χ0n) is 11.5. The van der Waals surface area contributed by atoms with Gasteiger partial charge in [0, 0.05) is 0 Å². The van der Waals surface area contributed by atoms with Crippen LogP contribution in [0.4, 0.5) is 5.69 Å². The van der Waals surface area contributed by atoms with E-state index >= 15 is 0 Å². The van der Waals surface area contributed by atoms with Gasteiger partial charge in [0.25, 0.3) is 0 Å². The molecular weight excluding hydrogens is 344 g/mol. The van der Waals surface area contributed by atoms with Crippen LogP contribution in [-0.2, 0) is 17.5 Å². The molecule has 0 amide bonds. The van der Waals surface area contributed by atoms with Gasteiger partial charge in [-0.05, 0) is 0 Å². The molecule has 0 saturated carbocycles. The van der Waals surface area contributed by atoms with Crippen molar-refractivity contribution in [2.24, 2.45) is 0 Å². The first-order valence-corrected chi connectivity index (χ1v) is 10.2. The maximum atomic E-state index is 6.11. The molecule has 0 aromatic heterocycles. The van der Waals surface area contributed by atoms with E-state index in [9.17, 15) is 0 Å². The summed E-state index contributed by atoms with van der Waals surface area (Å²) in [5.74, 6) is 0. The average Bonchev–Trinajstić information content (AvgIpc) is 2.37. The van der Waals surface area contributed by atoms with Crippen LogP contribution in [0.3, 0.4) is 0 Å². The molecule has 0 aliphatic rings. The van der Waals surface area contributed by atoms with Crippen molar-refractivity contribution in [3.63, 3.8) is 0 Å². The van der Waals surface area contributed by atoms with Gasteiger partial charge < -0.3 is 0 Å². The standard InChI is InChI=1S/C12H10N.C4H10P.Pd/c13-12-9-5-4-8-11(12)10-6-2-1-3-7-10;1-4(2,3)5;/h1-6,8-9H,13H2;5H,1-3H3;/q;-1;+1. The van der Waals surface area contributed by atoms with Gasteiger partial charge in [0.05, 0.1) is 0 Å². The third kappa shape index (κ3) is 4.15. The van der Waals surface area contributed by atoms with Crippen molar-refractivity contribution >= 4 is 16.5 Å². The second-order valence-corrected chi connectivity index (χ2v) is 10.4. The van der Waals surface area contributed by atoms with Crippen molar-refractivity contribution < 1.29 is 17.5 Å². The first kappa shape index (κ1) is 14.7. The van der Waals surface area contributed by atoms with E-state index in [1.54, 1.807) is 0 Å². The van der Waals surface area contributed by atoms with Crippen LogP contribution in [0.15, 0.2) is 48.5 Å². The molecule has 2 N–H and O–H groups in total. The minimum atomic E-state index is 0.406. The molecule has 0 heterocycles. The molecular formula is C16H20NPPd. The Morgan fingerprint density at radius 1 is 0.895 bits per heavy atom. The van der Waals surface area contributed by atoms with Gasteiger partial charge in [-0.3, -0.25) is 0 Å². The Hall–Kier alpha value is -0.668. The quantitative estimate of drug-likeness (QED) is 0.497. The van der Waals surface area contributed by atoms with E-state index in [2.05, 4.69) is 57.2 Å². The molecule has 0 radical (unpaired) electrons. The number of rotatable bonds is 3. The Morgan fingerprint density at radius 3 is 2.11 bits per heavy atom. The summed E-state index contributed by atoms with van der Waals surface area (Å²) in [4.78, 5) is 0. The Labute approximate surface area is 125 Å². The Morgan fingerprint density at radius 2 is 1.47 bits per heavy atom. The normalized spacial score (nSPS) is 12.4.